The van der Waals surface area contributed by atoms with Gasteiger partial charge >= 0.3 is 0 Å². The molecule has 8 aromatic carbocycles. The Bertz CT molecular complexity index is 3500. The molecule has 4 aromatic heterocycles. The zero-order valence-corrected chi connectivity index (χ0v) is 31.3. The summed E-state index contributed by atoms with van der Waals surface area (Å²) < 4.78 is 15.2. The van der Waals surface area contributed by atoms with Crippen molar-refractivity contribution in [2.75, 3.05) is 0 Å². The van der Waals surface area contributed by atoms with E-state index in [-0.39, 0.29) is 0 Å². The second-order valence-electron chi connectivity index (χ2n) is 14.0. The summed E-state index contributed by atoms with van der Waals surface area (Å²) in [5, 5.41) is 8.74. The van der Waals surface area contributed by atoms with Crippen LogP contribution >= 0.6 is 0 Å². The highest BCUT2D eigenvalue weighted by Crippen LogP contribution is 2.44. The molecule has 0 unspecified atom stereocenters. The molecule has 0 amide bonds. The number of furan rings is 2. The number of hydrogen-bond donors (Lipinski definition) is 0. The third kappa shape index (κ3) is 5.07. The lowest BCUT2D eigenvalue weighted by Crippen LogP contribution is -2.07. The van der Waals surface area contributed by atoms with Gasteiger partial charge in [0.15, 0.2) is 11.6 Å². The van der Waals surface area contributed by atoms with Crippen molar-refractivity contribution in [3.63, 3.8) is 0 Å². The number of hydrogen-bond acceptors (Lipinski definition) is 5. The van der Waals surface area contributed by atoms with Gasteiger partial charge in [0.1, 0.15) is 22.3 Å². The van der Waals surface area contributed by atoms with Gasteiger partial charge in [0.05, 0.1) is 11.0 Å². The predicted molar refractivity (Wildman–Crippen MR) is 234 cm³/mol. The highest BCUT2D eigenvalue weighted by molar-refractivity contribution is 6.22. The molecule has 6 nitrogen and oxygen atoms in total. The summed E-state index contributed by atoms with van der Waals surface area (Å²) in [7, 11) is 0. The first-order valence-electron chi connectivity index (χ1n) is 19.4. The fourth-order valence-electron chi connectivity index (χ4n) is 8.38. The van der Waals surface area contributed by atoms with Crippen LogP contribution in [0.25, 0.3) is 116 Å². The molecule has 0 aliphatic rings. The molecular formula is C51H34N4O2. The van der Waals surface area contributed by atoms with Crippen LogP contribution in [0.1, 0.15) is 13.8 Å². The van der Waals surface area contributed by atoms with Crippen molar-refractivity contribution in [3.05, 3.63) is 170 Å². The first-order chi connectivity index (χ1) is 28.3. The molecule has 270 valence electrons. The van der Waals surface area contributed by atoms with Gasteiger partial charge in [-0.3, -0.25) is 4.57 Å². The summed E-state index contributed by atoms with van der Waals surface area (Å²) in [5.41, 5.74) is 9.12. The normalized spacial score (nSPS) is 11.7. The molecule has 0 atom stereocenters. The summed E-state index contributed by atoms with van der Waals surface area (Å²) in [6, 6.07) is 58.5. The molecule has 0 aliphatic carbocycles. The summed E-state index contributed by atoms with van der Waals surface area (Å²) in [6.45, 7) is 4.00. The standard InChI is InChI=1S/C49H28N4O2.C2H6/c1-2-13-30(14-3-1)47-50-48(31-25-26-35-33-16-6-8-22-41(33)54-43(35)28-31)52-49(51-47)53-44-32-15-5-4-12-29(32)24-27-38(44)36-18-10-19-37(45(36)53)40-21-11-20-39-34-17-7-9-23-42(34)55-46(39)40;1-2/h1-28H;1-2H3. The second-order valence-corrected chi connectivity index (χ2v) is 14.0. The van der Waals surface area contributed by atoms with Crippen molar-refractivity contribution in [1.82, 2.24) is 19.5 Å². The summed E-state index contributed by atoms with van der Waals surface area (Å²) in [5.74, 6) is 1.66. The van der Waals surface area contributed by atoms with Crippen molar-refractivity contribution in [2.24, 2.45) is 0 Å². The van der Waals surface area contributed by atoms with Crippen LogP contribution in [0.3, 0.4) is 0 Å². The number of nitrogens with zero attached hydrogens (tertiary/aromatic N) is 4. The monoisotopic (exact) mass is 734 g/mol. The van der Waals surface area contributed by atoms with Crippen LogP contribution in [-0.4, -0.2) is 19.5 Å². The van der Waals surface area contributed by atoms with E-state index in [1.165, 1.54) is 0 Å². The van der Waals surface area contributed by atoms with E-state index in [9.17, 15) is 0 Å². The minimum absolute atomic E-state index is 0.522. The van der Waals surface area contributed by atoms with E-state index in [2.05, 4.69) is 108 Å². The molecule has 0 spiro atoms. The quantitative estimate of drug-likeness (QED) is 0.180. The van der Waals surface area contributed by atoms with Crippen LogP contribution in [0.4, 0.5) is 0 Å². The molecule has 12 rings (SSSR count). The van der Waals surface area contributed by atoms with Crippen molar-refractivity contribution in [1.29, 1.82) is 0 Å². The van der Waals surface area contributed by atoms with Crippen LogP contribution < -0.4 is 0 Å². The van der Waals surface area contributed by atoms with Gasteiger partial charge in [0, 0.05) is 60.0 Å². The molecule has 12 aromatic rings. The average Bonchev–Trinajstić information content (AvgIpc) is 3.97. The minimum atomic E-state index is 0.522. The third-order valence-corrected chi connectivity index (χ3v) is 10.9. The van der Waals surface area contributed by atoms with Gasteiger partial charge in [-0.2, -0.15) is 9.97 Å². The summed E-state index contributed by atoms with van der Waals surface area (Å²) in [4.78, 5) is 15.8. The maximum Gasteiger partial charge on any atom is 0.238 e. The van der Waals surface area contributed by atoms with Crippen molar-refractivity contribution >= 4 is 76.5 Å². The van der Waals surface area contributed by atoms with E-state index >= 15 is 0 Å². The molecule has 0 saturated heterocycles. The molecule has 0 N–H and O–H groups in total. The van der Waals surface area contributed by atoms with Crippen LogP contribution in [0.15, 0.2) is 179 Å². The van der Waals surface area contributed by atoms with Gasteiger partial charge < -0.3 is 8.83 Å². The van der Waals surface area contributed by atoms with Gasteiger partial charge in [-0.1, -0.05) is 159 Å². The second kappa shape index (κ2) is 13.0. The largest absolute Gasteiger partial charge is 0.456 e. The van der Waals surface area contributed by atoms with Crippen LogP contribution in [0.2, 0.25) is 0 Å². The van der Waals surface area contributed by atoms with E-state index < -0.39 is 0 Å². The number of aromatic nitrogens is 4. The van der Waals surface area contributed by atoms with Crippen molar-refractivity contribution < 1.29 is 8.83 Å². The van der Waals surface area contributed by atoms with Gasteiger partial charge in [0.2, 0.25) is 5.95 Å². The first-order valence-corrected chi connectivity index (χ1v) is 19.4. The molecular weight excluding hydrogens is 701 g/mol. The van der Waals surface area contributed by atoms with Crippen LogP contribution in [-0.2, 0) is 0 Å². The SMILES string of the molecule is CC.c1ccc(-c2nc(-c3ccc4c(c3)oc3ccccc34)nc(-n3c4c(-c5cccc6c5oc5ccccc56)cccc4c4ccc5ccccc5c43)n2)cc1. The fraction of sp³-hybridized carbons (Fsp3) is 0.0392. The van der Waals surface area contributed by atoms with Gasteiger partial charge in [-0.15, -0.1) is 0 Å². The van der Waals surface area contributed by atoms with Gasteiger partial charge in [-0.05, 0) is 29.7 Å². The van der Waals surface area contributed by atoms with Gasteiger partial charge in [-0.25, -0.2) is 4.98 Å². The maximum absolute atomic E-state index is 6.63. The Labute approximate surface area is 327 Å². The highest BCUT2D eigenvalue weighted by Gasteiger charge is 2.24. The molecule has 4 heterocycles. The van der Waals surface area contributed by atoms with Gasteiger partial charge in [0.25, 0.3) is 0 Å². The first kappa shape index (κ1) is 32.8. The van der Waals surface area contributed by atoms with Crippen molar-refractivity contribution in [3.8, 4) is 39.9 Å². The van der Waals surface area contributed by atoms with Crippen LogP contribution in [0, 0.1) is 0 Å². The fourth-order valence-corrected chi connectivity index (χ4v) is 8.38. The Morgan fingerprint density at radius 3 is 1.77 bits per heavy atom. The van der Waals surface area contributed by atoms with E-state index in [4.69, 9.17) is 23.8 Å². The Morgan fingerprint density at radius 1 is 0.386 bits per heavy atom. The topological polar surface area (TPSA) is 69.9 Å². The Morgan fingerprint density at radius 2 is 0.965 bits per heavy atom. The lowest BCUT2D eigenvalue weighted by atomic mass is 9.99. The van der Waals surface area contributed by atoms with E-state index in [0.717, 1.165) is 98.7 Å². The summed E-state index contributed by atoms with van der Waals surface area (Å²) >= 11 is 0. The average molecular weight is 735 g/mol. The van der Waals surface area contributed by atoms with E-state index in [1.807, 2.05) is 80.6 Å². The molecule has 6 heteroatoms. The Kier molecular flexibility index (Phi) is 7.51. The smallest absolute Gasteiger partial charge is 0.238 e. The predicted octanol–water partition coefficient (Wildman–Crippen LogP) is 13.9. The van der Waals surface area contributed by atoms with Crippen molar-refractivity contribution in [2.45, 2.75) is 13.8 Å². The highest BCUT2D eigenvalue weighted by atomic mass is 16.3. The lowest BCUT2D eigenvalue weighted by molar-refractivity contribution is 0.669. The Hall–Kier alpha value is -7.57. The zero-order valence-electron chi connectivity index (χ0n) is 31.3. The number of benzene rings is 8. The molecule has 0 saturated carbocycles. The van der Waals surface area contributed by atoms with E-state index in [1.54, 1.807) is 0 Å². The number of rotatable bonds is 4. The molecule has 0 radical (unpaired) electrons. The number of fused-ring (bicyclic) bond motifs is 11. The maximum atomic E-state index is 6.63. The van der Waals surface area contributed by atoms with E-state index in [0.29, 0.717) is 17.6 Å². The summed E-state index contributed by atoms with van der Waals surface area (Å²) in [6.07, 6.45) is 0. The number of para-hydroxylation sites is 4. The lowest BCUT2D eigenvalue weighted by Gasteiger charge is -2.14. The molecule has 0 fully saturated rings. The Balaban J connectivity index is 0.00000184. The molecule has 0 aliphatic heterocycles. The molecule has 57 heavy (non-hydrogen) atoms. The zero-order chi connectivity index (χ0) is 38.0. The third-order valence-electron chi connectivity index (χ3n) is 10.9. The minimum Gasteiger partial charge on any atom is -0.456 e. The molecule has 0 bridgehead atoms. The van der Waals surface area contributed by atoms with Crippen LogP contribution in [0.5, 0.6) is 0 Å².